The number of hydrogen-bond donors (Lipinski definition) is 0. The highest BCUT2D eigenvalue weighted by Crippen LogP contribution is 2.13. The lowest BCUT2D eigenvalue weighted by Gasteiger charge is -2.04. The highest BCUT2D eigenvalue weighted by atomic mass is 16.5. The number of allylic oxidation sites excluding steroid dienone is 2. The van der Waals surface area contributed by atoms with Crippen LogP contribution in [0.25, 0.3) is 12.2 Å². The highest BCUT2D eigenvalue weighted by Gasteiger charge is 2.07. The molecule has 2 heteroatoms. The first-order valence-corrected chi connectivity index (χ1v) is 8.57. The second kappa shape index (κ2) is 9.19. The van der Waals surface area contributed by atoms with Gasteiger partial charge in [0.05, 0.1) is 5.56 Å². The molecule has 3 aromatic carbocycles. The number of ether oxygens (including phenoxy) is 1. The van der Waals surface area contributed by atoms with E-state index in [1.807, 2.05) is 54.6 Å². The van der Waals surface area contributed by atoms with Crippen LogP contribution in [-0.2, 0) is 0 Å². The van der Waals surface area contributed by atoms with Gasteiger partial charge >= 0.3 is 5.97 Å². The molecule has 0 spiro atoms. The summed E-state index contributed by atoms with van der Waals surface area (Å²) in [4.78, 5) is 12.1. The normalized spacial score (nSPS) is 11.1. The number of benzene rings is 3. The molecule has 0 saturated carbocycles. The Morgan fingerprint density at radius 1 is 0.692 bits per heavy atom. The first kappa shape index (κ1) is 17.4. The zero-order valence-corrected chi connectivity index (χ0v) is 14.4. The molecule has 0 radical (unpaired) electrons. The molecule has 0 aliphatic heterocycles. The van der Waals surface area contributed by atoms with E-state index in [2.05, 4.69) is 30.4 Å². The number of esters is 1. The van der Waals surface area contributed by atoms with Crippen LogP contribution in [0.5, 0.6) is 5.75 Å². The number of carbonyl (C=O) groups is 1. The third kappa shape index (κ3) is 5.32. The minimum absolute atomic E-state index is 0.350. The van der Waals surface area contributed by atoms with Gasteiger partial charge in [0.25, 0.3) is 0 Å². The molecule has 0 aromatic heterocycles. The second-order valence-corrected chi connectivity index (χ2v) is 5.78. The molecule has 0 unspecified atom stereocenters. The Bertz CT molecular complexity index is 877. The van der Waals surface area contributed by atoms with E-state index in [-0.39, 0.29) is 5.97 Å². The lowest BCUT2D eigenvalue weighted by molar-refractivity contribution is 0.0735. The van der Waals surface area contributed by atoms with Gasteiger partial charge in [-0.1, -0.05) is 85.0 Å². The summed E-state index contributed by atoms with van der Waals surface area (Å²) in [6.45, 7) is 0. The molecular weight excluding hydrogens is 320 g/mol. The molecule has 0 aliphatic rings. The van der Waals surface area contributed by atoms with E-state index in [0.717, 1.165) is 12.0 Å². The number of carbonyl (C=O) groups excluding carboxylic acids is 1. The van der Waals surface area contributed by atoms with Crippen LogP contribution in [0.2, 0.25) is 0 Å². The van der Waals surface area contributed by atoms with Crippen molar-refractivity contribution in [3.05, 3.63) is 114 Å². The zero-order valence-electron chi connectivity index (χ0n) is 14.4. The maximum Gasteiger partial charge on any atom is 0.343 e. The Hall–Kier alpha value is -3.39. The van der Waals surface area contributed by atoms with E-state index in [1.54, 1.807) is 24.3 Å². The smallest absolute Gasteiger partial charge is 0.343 e. The average molecular weight is 340 g/mol. The molecule has 0 bridgehead atoms. The molecule has 0 heterocycles. The number of rotatable bonds is 6. The largest absolute Gasteiger partial charge is 0.423 e. The molecule has 26 heavy (non-hydrogen) atoms. The summed E-state index contributed by atoms with van der Waals surface area (Å²) in [5, 5.41) is 0. The molecule has 0 amide bonds. The van der Waals surface area contributed by atoms with Crippen molar-refractivity contribution in [2.45, 2.75) is 6.42 Å². The van der Waals surface area contributed by atoms with Gasteiger partial charge in [0.2, 0.25) is 0 Å². The summed E-state index contributed by atoms with van der Waals surface area (Å²) in [5.74, 6) is 0.198. The van der Waals surface area contributed by atoms with Gasteiger partial charge < -0.3 is 4.74 Å². The van der Waals surface area contributed by atoms with E-state index in [0.29, 0.717) is 11.3 Å². The fourth-order valence-electron chi connectivity index (χ4n) is 2.44. The Balaban J connectivity index is 1.52. The molecule has 0 fully saturated rings. The van der Waals surface area contributed by atoms with E-state index in [9.17, 15) is 4.79 Å². The van der Waals surface area contributed by atoms with Crippen molar-refractivity contribution in [1.29, 1.82) is 0 Å². The molecule has 128 valence electrons. The first-order chi connectivity index (χ1) is 12.8. The van der Waals surface area contributed by atoms with Crippen LogP contribution >= 0.6 is 0 Å². The van der Waals surface area contributed by atoms with Gasteiger partial charge in [-0.15, -0.1) is 0 Å². The fourth-order valence-corrected chi connectivity index (χ4v) is 2.44. The third-order valence-corrected chi connectivity index (χ3v) is 3.79. The average Bonchev–Trinajstić information content (AvgIpc) is 2.70. The minimum Gasteiger partial charge on any atom is -0.423 e. The maximum atomic E-state index is 12.1. The van der Waals surface area contributed by atoms with E-state index < -0.39 is 0 Å². The minimum atomic E-state index is -0.350. The van der Waals surface area contributed by atoms with Crippen LogP contribution in [0.15, 0.2) is 97.1 Å². The molecule has 3 rings (SSSR count). The van der Waals surface area contributed by atoms with Crippen molar-refractivity contribution in [3.63, 3.8) is 0 Å². The molecule has 3 aromatic rings. The predicted octanol–water partition coefficient (Wildman–Crippen LogP) is 6.02. The summed E-state index contributed by atoms with van der Waals surface area (Å²) in [7, 11) is 0. The molecule has 0 aliphatic carbocycles. The Morgan fingerprint density at radius 2 is 1.23 bits per heavy atom. The summed E-state index contributed by atoms with van der Waals surface area (Å²) < 4.78 is 5.33. The van der Waals surface area contributed by atoms with Gasteiger partial charge in [0.15, 0.2) is 0 Å². The summed E-state index contributed by atoms with van der Waals surface area (Å²) >= 11 is 0. The van der Waals surface area contributed by atoms with Crippen molar-refractivity contribution >= 4 is 18.1 Å². The Morgan fingerprint density at radius 3 is 1.85 bits per heavy atom. The van der Waals surface area contributed by atoms with E-state index in [4.69, 9.17) is 4.74 Å². The van der Waals surface area contributed by atoms with Gasteiger partial charge in [0.1, 0.15) is 5.75 Å². The Kier molecular flexibility index (Phi) is 6.16. The summed E-state index contributed by atoms with van der Waals surface area (Å²) in [5.41, 5.74) is 2.78. The maximum absolute atomic E-state index is 12.1. The quantitative estimate of drug-likeness (QED) is 0.405. The monoisotopic (exact) mass is 340 g/mol. The topological polar surface area (TPSA) is 26.3 Å². The fraction of sp³-hybridized carbons (Fsp3) is 0.0417. The number of para-hydroxylation sites is 1. The van der Waals surface area contributed by atoms with Crippen molar-refractivity contribution in [1.82, 2.24) is 0 Å². The van der Waals surface area contributed by atoms with Gasteiger partial charge in [0, 0.05) is 0 Å². The third-order valence-electron chi connectivity index (χ3n) is 3.79. The van der Waals surface area contributed by atoms with E-state index in [1.165, 1.54) is 5.56 Å². The number of hydrogen-bond acceptors (Lipinski definition) is 2. The van der Waals surface area contributed by atoms with Crippen LogP contribution in [0.1, 0.15) is 27.9 Å². The molecular formula is C24H20O2. The second-order valence-electron chi connectivity index (χ2n) is 5.78. The van der Waals surface area contributed by atoms with Gasteiger partial charge in [-0.2, -0.15) is 0 Å². The predicted molar refractivity (Wildman–Crippen MR) is 107 cm³/mol. The lowest BCUT2D eigenvalue weighted by Crippen LogP contribution is -2.08. The zero-order chi connectivity index (χ0) is 18.0. The van der Waals surface area contributed by atoms with Gasteiger partial charge in [-0.05, 0) is 41.8 Å². The van der Waals surface area contributed by atoms with Crippen molar-refractivity contribution < 1.29 is 9.53 Å². The molecule has 0 atom stereocenters. The molecule has 0 saturated heterocycles. The first-order valence-electron chi connectivity index (χ1n) is 8.57. The summed E-state index contributed by atoms with van der Waals surface area (Å²) in [6, 6.07) is 26.7. The van der Waals surface area contributed by atoms with Crippen molar-refractivity contribution in [2.75, 3.05) is 0 Å². The van der Waals surface area contributed by atoms with Gasteiger partial charge in [-0.3, -0.25) is 0 Å². The van der Waals surface area contributed by atoms with Crippen LogP contribution in [-0.4, -0.2) is 5.97 Å². The van der Waals surface area contributed by atoms with Crippen molar-refractivity contribution in [3.8, 4) is 5.75 Å². The standard InChI is InChI=1S/C24H20O2/c25-24(26-23-14-8-3-9-15-23)22-18-16-21(17-19-22)13-7-2-6-12-20-10-4-1-5-11-20/h1,3-19H,2H2. The summed E-state index contributed by atoms with van der Waals surface area (Å²) in [6.07, 6.45) is 9.22. The van der Waals surface area contributed by atoms with E-state index >= 15 is 0 Å². The molecule has 0 N–H and O–H groups in total. The van der Waals surface area contributed by atoms with Crippen LogP contribution in [0.3, 0.4) is 0 Å². The van der Waals surface area contributed by atoms with Crippen LogP contribution in [0, 0.1) is 0 Å². The van der Waals surface area contributed by atoms with Crippen LogP contribution < -0.4 is 4.74 Å². The van der Waals surface area contributed by atoms with Crippen molar-refractivity contribution in [2.24, 2.45) is 0 Å². The van der Waals surface area contributed by atoms with Crippen LogP contribution in [0.4, 0.5) is 0 Å². The lowest BCUT2D eigenvalue weighted by atomic mass is 10.1. The van der Waals surface area contributed by atoms with Gasteiger partial charge in [-0.25, -0.2) is 4.79 Å². The SMILES string of the molecule is O=C(Oc1ccccc1)c1ccc(C=CCC=Cc2ccccc2)cc1. The highest BCUT2D eigenvalue weighted by molar-refractivity contribution is 5.91. The molecule has 2 nitrogen and oxygen atoms in total. The Labute approximate surface area is 154 Å².